The topological polar surface area (TPSA) is 57.4 Å². The van der Waals surface area contributed by atoms with Crippen molar-refractivity contribution < 1.29 is 0 Å². The van der Waals surface area contributed by atoms with Crippen molar-refractivity contribution in [2.24, 2.45) is 0 Å². The van der Waals surface area contributed by atoms with Crippen molar-refractivity contribution in [3.05, 3.63) is 48.7 Å². The molecule has 2 aromatic heterocycles. The van der Waals surface area contributed by atoms with Gasteiger partial charge in [-0.2, -0.15) is 10.2 Å². The Balaban J connectivity index is 2.00. The van der Waals surface area contributed by atoms with Gasteiger partial charge in [-0.15, -0.1) is 0 Å². The molecule has 0 fully saturated rings. The Morgan fingerprint density at radius 2 is 1.75 bits per heavy atom. The van der Waals surface area contributed by atoms with E-state index in [9.17, 15) is 0 Å². The van der Waals surface area contributed by atoms with Crippen molar-refractivity contribution in [3.8, 4) is 22.6 Å². The lowest BCUT2D eigenvalue weighted by atomic mass is 10.1. The second-order valence-electron chi connectivity index (χ2n) is 3.50. The van der Waals surface area contributed by atoms with Gasteiger partial charge in [0.05, 0.1) is 17.1 Å². The molecule has 0 atom stereocenters. The van der Waals surface area contributed by atoms with E-state index in [1.54, 1.807) is 6.20 Å². The molecule has 3 aromatic rings. The summed E-state index contributed by atoms with van der Waals surface area (Å²) < 4.78 is 0. The van der Waals surface area contributed by atoms with Crippen LogP contribution in [-0.4, -0.2) is 20.4 Å². The molecule has 0 aliphatic carbocycles. The van der Waals surface area contributed by atoms with Crippen LogP contribution in [0.5, 0.6) is 0 Å². The molecule has 16 heavy (non-hydrogen) atoms. The lowest BCUT2D eigenvalue weighted by Crippen LogP contribution is -1.76. The second kappa shape index (κ2) is 3.66. The normalized spacial score (nSPS) is 10.5. The number of hydrogen-bond donors (Lipinski definition) is 2. The lowest BCUT2D eigenvalue weighted by Gasteiger charge is -1.92. The molecule has 4 nitrogen and oxygen atoms in total. The highest BCUT2D eigenvalue weighted by Crippen LogP contribution is 2.21. The third kappa shape index (κ3) is 1.50. The van der Waals surface area contributed by atoms with Gasteiger partial charge in [-0.1, -0.05) is 30.3 Å². The molecule has 0 radical (unpaired) electrons. The summed E-state index contributed by atoms with van der Waals surface area (Å²) in [7, 11) is 0. The van der Waals surface area contributed by atoms with E-state index in [4.69, 9.17) is 0 Å². The Bertz CT molecular complexity index is 566. The zero-order valence-corrected chi connectivity index (χ0v) is 8.51. The number of aromatic nitrogens is 4. The summed E-state index contributed by atoms with van der Waals surface area (Å²) in [6, 6.07) is 14.0. The zero-order chi connectivity index (χ0) is 10.8. The number of H-pyrrole nitrogens is 2. The molecule has 2 heterocycles. The highest BCUT2D eigenvalue weighted by atomic mass is 15.2. The number of benzene rings is 1. The quantitative estimate of drug-likeness (QED) is 0.682. The SMILES string of the molecule is c1ccc(-c2cc(-c3ccn[nH]3)[nH]n2)cc1. The van der Waals surface area contributed by atoms with E-state index in [-0.39, 0.29) is 0 Å². The fourth-order valence-corrected chi connectivity index (χ4v) is 1.62. The summed E-state index contributed by atoms with van der Waals surface area (Å²) in [5, 5.41) is 14.1. The van der Waals surface area contributed by atoms with Gasteiger partial charge in [0.2, 0.25) is 0 Å². The van der Waals surface area contributed by atoms with Crippen molar-refractivity contribution in [1.29, 1.82) is 0 Å². The molecular formula is C12H10N4. The smallest absolute Gasteiger partial charge is 0.0927 e. The van der Waals surface area contributed by atoms with Crippen molar-refractivity contribution in [2.45, 2.75) is 0 Å². The zero-order valence-electron chi connectivity index (χ0n) is 8.51. The van der Waals surface area contributed by atoms with Crippen LogP contribution in [0.3, 0.4) is 0 Å². The first kappa shape index (κ1) is 8.91. The van der Waals surface area contributed by atoms with E-state index in [0.717, 1.165) is 22.6 Å². The van der Waals surface area contributed by atoms with E-state index in [0.29, 0.717) is 0 Å². The molecule has 2 N–H and O–H groups in total. The number of nitrogens with zero attached hydrogens (tertiary/aromatic N) is 2. The maximum Gasteiger partial charge on any atom is 0.0927 e. The van der Waals surface area contributed by atoms with Crippen molar-refractivity contribution in [3.63, 3.8) is 0 Å². The predicted molar refractivity (Wildman–Crippen MR) is 61.6 cm³/mol. The van der Waals surface area contributed by atoms with E-state index >= 15 is 0 Å². The summed E-state index contributed by atoms with van der Waals surface area (Å²) in [6.07, 6.45) is 1.72. The first-order chi connectivity index (χ1) is 7.93. The highest BCUT2D eigenvalue weighted by molar-refractivity contribution is 5.65. The molecule has 0 unspecified atom stereocenters. The number of nitrogens with one attached hydrogen (secondary N) is 2. The largest absolute Gasteiger partial charge is 0.276 e. The summed E-state index contributed by atoms with van der Waals surface area (Å²) in [4.78, 5) is 0. The highest BCUT2D eigenvalue weighted by Gasteiger charge is 2.05. The Kier molecular flexibility index (Phi) is 2.04. The third-order valence-electron chi connectivity index (χ3n) is 2.44. The molecule has 1 aromatic carbocycles. The number of hydrogen-bond acceptors (Lipinski definition) is 2. The molecule has 0 bridgehead atoms. The Morgan fingerprint density at radius 1 is 0.875 bits per heavy atom. The van der Waals surface area contributed by atoms with Gasteiger partial charge >= 0.3 is 0 Å². The summed E-state index contributed by atoms with van der Waals surface area (Å²) in [5.74, 6) is 0. The van der Waals surface area contributed by atoms with E-state index in [1.165, 1.54) is 0 Å². The molecule has 0 spiro atoms. The van der Waals surface area contributed by atoms with Crippen LogP contribution in [0.2, 0.25) is 0 Å². The van der Waals surface area contributed by atoms with Crippen LogP contribution >= 0.6 is 0 Å². The Morgan fingerprint density at radius 3 is 2.50 bits per heavy atom. The molecule has 0 saturated heterocycles. The van der Waals surface area contributed by atoms with Gasteiger partial charge in [-0.05, 0) is 12.1 Å². The fraction of sp³-hybridized carbons (Fsp3) is 0. The molecule has 0 saturated carbocycles. The van der Waals surface area contributed by atoms with Gasteiger partial charge in [-0.25, -0.2) is 0 Å². The van der Waals surface area contributed by atoms with Gasteiger partial charge in [0.1, 0.15) is 0 Å². The minimum Gasteiger partial charge on any atom is -0.276 e. The Hall–Kier alpha value is -2.36. The monoisotopic (exact) mass is 210 g/mol. The predicted octanol–water partition coefficient (Wildman–Crippen LogP) is 2.47. The van der Waals surface area contributed by atoms with Crippen molar-refractivity contribution in [1.82, 2.24) is 20.4 Å². The standard InChI is InChI=1S/C12H10N4/c1-2-4-9(5-3-1)11-8-12(16-15-11)10-6-7-13-14-10/h1-8H,(H,13,14)(H,15,16). The van der Waals surface area contributed by atoms with Crippen LogP contribution in [-0.2, 0) is 0 Å². The molecule has 4 heteroatoms. The lowest BCUT2D eigenvalue weighted by molar-refractivity contribution is 1.06. The minimum atomic E-state index is 0.935. The summed E-state index contributed by atoms with van der Waals surface area (Å²) >= 11 is 0. The molecule has 3 rings (SSSR count). The van der Waals surface area contributed by atoms with Crippen LogP contribution in [0.15, 0.2) is 48.7 Å². The second-order valence-corrected chi connectivity index (χ2v) is 3.50. The van der Waals surface area contributed by atoms with Crippen molar-refractivity contribution >= 4 is 0 Å². The van der Waals surface area contributed by atoms with Gasteiger partial charge in [0.25, 0.3) is 0 Å². The first-order valence-corrected chi connectivity index (χ1v) is 5.04. The molecule has 0 aliphatic rings. The van der Waals surface area contributed by atoms with E-state index < -0.39 is 0 Å². The van der Waals surface area contributed by atoms with Gasteiger partial charge in [0.15, 0.2) is 0 Å². The molecule has 78 valence electrons. The van der Waals surface area contributed by atoms with Crippen LogP contribution in [0.1, 0.15) is 0 Å². The average molecular weight is 210 g/mol. The molecule has 0 amide bonds. The third-order valence-corrected chi connectivity index (χ3v) is 2.44. The van der Waals surface area contributed by atoms with Gasteiger partial charge < -0.3 is 0 Å². The van der Waals surface area contributed by atoms with Crippen LogP contribution in [0.25, 0.3) is 22.6 Å². The average Bonchev–Trinajstić information content (AvgIpc) is 3.01. The maximum atomic E-state index is 4.27. The summed E-state index contributed by atoms with van der Waals surface area (Å²) in [6.45, 7) is 0. The number of aromatic amines is 2. The first-order valence-electron chi connectivity index (χ1n) is 5.04. The fourth-order valence-electron chi connectivity index (χ4n) is 1.62. The Labute approximate surface area is 92.3 Å². The number of rotatable bonds is 2. The van der Waals surface area contributed by atoms with Gasteiger partial charge in [0, 0.05) is 11.8 Å². The molecular weight excluding hydrogens is 200 g/mol. The molecule has 0 aliphatic heterocycles. The van der Waals surface area contributed by atoms with Crippen LogP contribution in [0, 0.1) is 0 Å². The maximum absolute atomic E-state index is 4.27. The summed E-state index contributed by atoms with van der Waals surface area (Å²) in [5.41, 5.74) is 3.92. The van der Waals surface area contributed by atoms with E-state index in [2.05, 4.69) is 20.4 Å². The van der Waals surface area contributed by atoms with Crippen LogP contribution in [0.4, 0.5) is 0 Å². The van der Waals surface area contributed by atoms with E-state index in [1.807, 2.05) is 42.5 Å². The minimum absolute atomic E-state index is 0.935. The van der Waals surface area contributed by atoms with Gasteiger partial charge in [-0.3, -0.25) is 10.2 Å². The van der Waals surface area contributed by atoms with Crippen LogP contribution < -0.4 is 0 Å². The van der Waals surface area contributed by atoms with Crippen molar-refractivity contribution in [2.75, 3.05) is 0 Å².